The van der Waals surface area contributed by atoms with Crippen molar-refractivity contribution in [1.82, 2.24) is 15.4 Å². The molecule has 2 amide bonds. The van der Waals surface area contributed by atoms with Crippen molar-refractivity contribution >= 4 is 23.5 Å². The lowest BCUT2D eigenvalue weighted by Crippen LogP contribution is -2.39. The van der Waals surface area contributed by atoms with E-state index in [1.165, 1.54) is 0 Å². The normalized spacial score (nSPS) is 10.0. The molecule has 1 heterocycles. The SMILES string of the molecule is CCc1ccccc1NC(=O)C(=O)NNc1nc(C)cc(C)n1. The van der Waals surface area contributed by atoms with Crippen LogP contribution in [0.5, 0.6) is 0 Å². The van der Waals surface area contributed by atoms with E-state index in [2.05, 4.69) is 26.1 Å². The molecule has 1 aromatic carbocycles. The van der Waals surface area contributed by atoms with E-state index < -0.39 is 11.8 Å². The van der Waals surface area contributed by atoms with E-state index in [0.29, 0.717) is 5.69 Å². The minimum atomic E-state index is -0.821. The van der Waals surface area contributed by atoms with Crippen molar-refractivity contribution in [3.8, 4) is 0 Å². The third kappa shape index (κ3) is 4.50. The van der Waals surface area contributed by atoms with Crippen LogP contribution in [0.25, 0.3) is 0 Å². The summed E-state index contributed by atoms with van der Waals surface area (Å²) in [5.74, 6) is -1.35. The fourth-order valence-electron chi connectivity index (χ4n) is 2.08. The van der Waals surface area contributed by atoms with Crippen LogP contribution in [0.4, 0.5) is 11.6 Å². The predicted octanol–water partition coefficient (Wildman–Crippen LogP) is 1.74. The van der Waals surface area contributed by atoms with Gasteiger partial charge in [0.05, 0.1) is 0 Å². The number of rotatable bonds is 4. The number of para-hydroxylation sites is 1. The second kappa shape index (κ2) is 7.35. The number of nitrogens with one attached hydrogen (secondary N) is 3. The lowest BCUT2D eigenvalue weighted by molar-refractivity contribution is -0.135. The summed E-state index contributed by atoms with van der Waals surface area (Å²) in [6, 6.07) is 9.14. The number of hydrogen-bond acceptors (Lipinski definition) is 5. The van der Waals surface area contributed by atoms with Gasteiger partial charge in [-0.25, -0.2) is 9.97 Å². The summed E-state index contributed by atoms with van der Waals surface area (Å²) in [6.45, 7) is 5.61. The third-order valence-corrected chi connectivity index (χ3v) is 3.12. The van der Waals surface area contributed by atoms with Gasteiger partial charge in [-0.3, -0.25) is 20.4 Å². The van der Waals surface area contributed by atoms with E-state index in [4.69, 9.17) is 0 Å². The zero-order valence-corrected chi connectivity index (χ0v) is 13.3. The Morgan fingerprint density at radius 1 is 1.04 bits per heavy atom. The highest BCUT2D eigenvalue weighted by molar-refractivity contribution is 6.39. The molecular weight excluding hydrogens is 294 g/mol. The van der Waals surface area contributed by atoms with Crippen LogP contribution in [-0.4, -0.2) is 21.8 Å². The second-order valence-electron chi connectivity index (χ2n) is 5.02. The van der Waals surface area contributed by atoms with E-state index >= 15 is 0 Å². The number of hydrazine groups is 1. The van der Waals surface area contributed by atoms with E-state index in [0.717, 1.165) is 23.4 Å². The molecule has 120 valence electrons. The standard InChI is InChI=1S/C16H19N5O2/c1-4-12-7-5-6-8-13(12)19-14(22)15(23)20-21-16-17-10(2)9-11(3)18-16/h5-9H,4H2,1-3H3,(H,19,22)(H,20,23)(H,17,18,21). The van der Waals surface area contributed by atoms with Gasteiger partial charge < -0.3 is 5.32 Å². The van der Waals surface area contributed by atoms with Crippen LogP contribution >= 0.6 is 0 Å². The van der Waals surface area contributed by atoms with Crippen LogP contribution in [0.3, 0.4) is 0 Å². The minimum Gasteiger partial charge on any atom is -0.317 e. The van der Waals surface area contributed by atoms with Gasteiger partial charge in [0.25, 0.3) is 0 Å². The van der Waals surface area contributed by atoms with Gasteiger partial charge in [0.15, 0.2) is 0 Å². The number of aryl methyl sites for hydroxylation is 3. The van der Waals surface area contributed by atoms with Gasteiger partial charge in [-0.15, -0.1) is 0 Å². The predicted molar refractivity (Wildman–Crippen MR) is 87.7 cm³/mol. The van der Waals surface area contributed by atoms with Crippen molar-refractivity contribution in [2.45, 2.75) is 27.2 Å². The maximum absolute atomic E-state index is 11.9. The Hall–Kier alpha value is -2.96. The molecular formula is C16H19N5O2. The molecule has 2 aromatic rings. The summed E-state index contributed by atoms with van der Waals surface area (Å²) < 4.78 is 0. The van der Waals surface area contributed by atoms with Crippen LogP contribution in [-0.2, 0) is 16.0 Å². The quantitative estimate of drug-likeness (QED) is 0.590. The first kappa shape index (κ1) is 16.4. The van der Waals surface area contributed by atoms with Gasteiger partial charge in [0.1, 0.15) is 0 Å². The molecule has 2 rings (SSSR count). The third-order valence-electron chi connectivity index (χ3n) is 3.12. The number of nitrogens with zero attached hydrogens (tertiary/aromatic N) is 2. The lowest BCUT2D eigenvalue weighted by atomic mass is 10.1. The number of hydrogen-bond donors (Lipinski definition) is 3. The Kier molecular flexibility index (Phi) is 5.24. The molecule has 7 nitrogen and oxygen atoms in total. The summed E-state index contributed by atoms with van der Waals surface area (Å²) >= 11 is 0. The molecule has 7 heteroatoms. The van der Waals surface area contributed by atoms with Gasteiger partial charge in [0, 0.05) is 17.1 Å². The van der Waals surface area contributed by atoms with Gasteiger partial charge in [-0.2, -0.15) is 0 Å². The Morgan fingerprint density at radius 2 is 1.70 bits per heavy atom. The van der Waals surface area contributed by atoms with Crippen molar-refractivity contribution in [2.75, 3.05) is 10.7 Å². The average Bonchev–Trinajstić information content (AvgIpc) is 2.52. The van der Waals surface area contributed by atoms with Crippen molar-refractivity contribution in [2.24, 2.45) is 0 Å². The van der Waals surface area contributed by atoms with Gasteiger partial charge in [-0.1, -0.05) is 25.1 Å². The Labute approximate surface area is 134 Å². The van der Waals surface area contributed by atoms with E-state index in [9.17, 15) is 9.59 Å². The summed E-state index contributed by atoms with van der Waals surface area (Å²) in [6.07, 6.45) is 0.757. The van der Waals surface area contributed by atoms with Crippen molar-refractivity contribution < 1.29 is 9.59 Å². The first-order valence-corrected chi connectivity index (χ1v) is 7.27. The highest BCUT2D eigenvalue weighted by Crippen LogP contribution is 2.15. The van der Waals surface area contributed by atoms with Crippen molar-refractivity contribution in [1.29, 1.82) is 0 Å². The fraction of sp³-hybridized carbons (Fsp3) is 0.250. The van der Waals surface area contributed by atoms with Gasteiger partial charge >= 0.3 is 11.8 Å². The zero-order chi connectivity index (χ0) is 16.8. The van der Waals surface area contributed by atoms with E-state index in [1.807, 2.05) is 32.9 Å². The largest absolute Gasteiger partial charge is 0.328 e. The molecule has 0 unspecified atom stereocenters. The zero-order valence-electron chi connectivity index (χ0n) is 13.3. The number of benzene rings is 1. The summed E-state index contributed by atoms with van der Waals surface area (Å²) in [4.78, 5) is 32.0. The Bertz CT molecular complexity index is 710. The molecule has 0 fully saturated rings. The summed E-state index contributed by atoms with van der Waals surface area (Å²) in [7, 11) is 0. The van der Waals surface area contributed by atoms with Gasteiger partial charge in [0.2, 0.25) is 5.95 Å². The highest BCUT2D eigenvalue weighted by atomic mass is 16.2. The molecule has 3 N–H and O–H groups in total. The highest BCUT2D eigenvalue weighted by Gasteiger charge is 2.15. The second-order valence-corrected chi connectivity index (χ2v) is 5.02. The molecule has 0 radical (unpaired) electrons. The smallest absolute Gasteiger partial charge is 0.317 e. The minimum absolute atomic E-state index is 0.234. The number of amides is 2. The summed E-state index contributed by atoms with van der Waals surface area (Å²) in [5, 5.41) is 2.59. The topological polar surface area (TPSA) is 96.0 Å². The molecule has 23 heavy (non-hydrogen) atoms. The molecule has 0 saturated heterocycles. The van der Waals surface area contributed by atoms with Crippen LogP contribution in [0.15, 0.2) is 30.3 Å². The average molecular weight is 313 g/mol. The number of aromatic nitrogens is 2. The molecule has 0 spiro atoms. The number of carbonyl (C=O) groups is 2. The van der Waals surface area contributed by atoms with Crippen molar-refractivity contribution in [3.63, 3.8) is 0 Å². The first-order chi connectivity index (χ1) is 11.0. The molecule has 1 aromatic heterocycles. The molecule has 0 atom stereocenters. The van der Waals surface area contributed by atoms with Crippen molar-refractivity contribution in [3.05, 3.63) is 47.3 Å². The maximum Gasteiger partial charge on any atom is 0.328 e. The number of anilines is 2. The van der Waals surface area contributed by atoms with Crippen LogP contribution < -0.4 is 16.2 Å². The summed E-state index contributed by atoms with van der Waals surface area (Å²) in [5.41, 5.74) is 7.92. The van der Waals surface area contributed by atoms with Gasteiger partial charge in [-0.05, 0) is 38.0 Å². The molecule has 0 saturated carbocycles. The van der Waals surface area contributed by atoms with Crippen LogP contribution in [0, 0.1) is 13.8 Å². The van der Waals surface area contributed by atoms with Crippen LogP contribution in [0.2, 0.25) is 0 Å². The first-order valence-electron chi connectivity index (χ1n) is 7.27. The molecule has 0 bridgehead atoms. The van der Waals surface area contributed by atoms with Crippen LogP contribution in [0.1, 0.15) is 23.9 Å². The molecule has 0 aliphatic rings. The lowest BCUT2D eigenvalue weighted by Gasteiger charge is -2.10. The number of carbonyl (C=O) groups excluding carboxylic acids is 2. The Morgan fingerprint density at radius 3 is 2.35 bits per heavy atom. The Balaban J connectivity index is 1.96. The fourth-order valence-corrected chi connectivity index (χ4v) is 2.08. The maximum atomic E-state index is 11.9. The van der Waals surface area contributed by atoms with E-state index in [1.54, 1.807) is 18.2 Å². The van der Waals surface area contributed by atoms with E-state index in [-0.39, 0.29) is 5.95 Å². The molecule has 0 aliphatic carbocycles. The molecule has 0 aliphatic heterocycles. The monoisotopic (exact) mass is 313 g/mol.